The standard InChI is InChI=1S/C26H34FN3O5S/c1-3-26(4-2)11-21-24(36(33,34)14-26)18-12-35-13-22(18)30(21)16-9-19(27)23(25(28)32)20(10-16)29-15-5-7-17(31)8-6-15/h9-10,15,17,29,31H,3-8,11-14H2,1-2H3,(H2,28,32). The van der Waals surface area contributed by atoms with Gasteiger partial charge in [0.25, 0.3) is 5.91 Å². The fraction of sp³-hybridized carbons (Fsp3) is 0.577. The molecule has 3 aliphatic rings. The number of rotatable bonds is 6. The highest BCUT2D eigenvalue weighted by Gasteiger charge is 2.45. The van der Waals surface area contributed by atoms with Crippen LogP contribution in [0.1, 0.15) is 79.7 Å². The molecule has 5 rings (SSSR count). The summed E-state index contributed by atoms with van der Waals surface area (Å²) in [7, 11) is -3.56. The average Bonchev–Trinajstić information content (AvgIpc) is 3.39. The first-order valence-electron chi connectivity index (χ1n) is 12.7. The number of carbonyl (C=O) groups excluding carboxylic acids is 1. The van der Waals surface area contributed by atoms with Gasteiger partial charge in [-0.1, -0.05) is 13.8 Å². The Labute approximate surface area is 210 Å². The van der Waals surface area contributed by atoms with Gasteiger partial charge in [-0.2, -0.15) is 0 Å². The molecule has 0 saturated heterocycles. The van der Waals surface area contributed by atoms with E-state index in [2.05, 4.69) is 5.32 Å². The van der Waals surface area contributed by atoms with Crippen LogP contribution in [0.4, 0.5) is 10.1 Å². The van der Waals surface area contributed by atoms with Crippen LogP contribution in [0.15, 0.2) is 17.0 Å². The maximum absolute atomic E-state index is 15.4. The van der Waals surface area contributed by atoms with Crippen molar-refractivity contribution in [1.82, 2.24) is 4.57 Å². The first kappa shape index (κ1) is 25.2. The minimum atomic E-state index is -3.56. The third-order valence-electron chi connectivity index (χ3n) is 8.40. The third kappa shape index (κ3) is 4.13. The highest BCUT2D eigenvalue weighted by Crippen LogP contribution is 2.47. The molecule has 0 radical (unpaired) electrons. The number of ether oxygens (including phenoxy) is 1. The predicted molar refractivity (Wildman–Crippen MR) is 133 cm³/mol. The Bertz CT molecular complexity index is 1310. The van der Waals surface area contributed by atoms with Crippen LogP contribution in [-0.4, -0.2) is 41.9 Å². The summed E-state index contributed by atoms with van der Waals surface area (Å²) in [5, 5.41) is 13.1. The number of aromatic nitrogens is 1. The second-order valence-electron chi connectivity index (χ2n) is 10.5. The second kappa shape index (κ2) is 9.15. The SMILES string of the molecule is CCC1(CC)Cc2c(c3c(n2-c2cc(F)c(C(N)=O)c(NC4CCC(O)CC4)c2)COC3)S(=O)(=O)C1. The zero-order valence-corrected chi connectivity index (χ0v) is 21.6. The summed E-state index contributed by atoms with van der Waals surface area (Å²) >= 11 is 0. The number of nitrogens with zero attached hydrogens (tertiary/aromatic N) is 1. The molecule has 1 fully saturated rings. The van der Waals surface area contributed by atoms with Crippen molar-refractivity contribution in [1.29, 1.82) is 0 Å². The summed E-state index contributed by atoms with van der Waals surface area (Å²) in [6.45, 7) is 4.45. The van der Waals surface area contributed by atoms with Crippen LogP contribution >= 0.6 is 0 Å². The van der Waals surface area contributed by atoms with E-state index in [1.807, 2.05) is 18.4 Å². The molecule has 0 bridgehead atoms. The predicted octanol–water partition coefficient (Wildman–Crippen LogP) is 3.60. The number of aliphatic hydroxyl groups excluding tert-OH is 1. The molecule has 1 aliphatic carbocycles. The van der Waals surface area contributed by atoms with Crippen molar-refractivity contribution < 1.29 is 27.4 Å². The molecule has 0 atom stereocenters. The highest BCUT2D eigenvalue weighted by atomic mass is 32.2. The van der Waals surface area contributed by atoms with E-state index in [0.29, 0.717) is 72.5 Å². The van der Waals surface area contributed by atoms with Gasteiger partial charge in [-0.05, 0) is 62.5 Å². The molecule has 4 N–H and O–H groups in total. The van der Waals surface area contributed by atoms with Gasteiger partial charge in [0, 0.05) is 17.3 Å². The lowest BCUT2D eigenvalue weighted by Crippen LogP contribution is -2.37. The average molecular weight is 520 g/mol. The molecular weight excluding hydrogens is 485 g/mol. The molecule has 0 spiro atoms. The first-order chi connectivity index (χ1) is 17.1. The number of hydrogen-bond acceptors (Lipinski definition) is 6. The van der Waals surface area contributed by atoms with E-state index in [-0.39, 0.29) is 42.4 Å². The van der Waals surface area contributed by atoms with E-state index in [0.717, 1.165) is 0 Å². The fourth-order valence-electron chi connectivity index (χ4n) is 6.20. The quantitative estimate of drug-likeness (QED) is 0.536. The Kier molecular flexibility index (Phi) is 6.41. The Hall–Kier alpha value is -2.43. The van der Waals surface area contributed by atoms with Gasteiger partial charge in [-0.25, -0.2) is 12.8 Å². The van der Waals surface area contributed by atoms with Crippen molar-refractivity contribution in [3.63, 3.8) is 0 Å². The minimum absolute atomic E-state index is 0.0398. The van der Waals surface area contributed by atoms with Crippen molar-refractivity contribution in [3.8, 4) is 5.69 Å². The molecule has 1 aromatic heterocycles. The number of hydrogen-bond donors (Lipinski definition) is 3. The van der Waals surface area contributed by atoms with Crippen LogP contribution in [0.25, 0.3) is 5.69 Å². The van der Waals surface area contributed by atoms with Crippen molar-refractivity contribution in [3.05, 3.63) is 40.5 Å². The Morgan fingerprint density at radius 1 is 1.19 bits per heavy atom. The summed E-state index contributed by atoms with van der Waals surface area (Å²) in [6.07, 6.45) is 4.24. The maximum Gasteiger partial charge on any atom is 0.253 e. The summed E-state index contributed by atoms with van der Waals surface area (Å²) in [5.74, 6) is -1.55. The summed E-state index contributed by atoms with van der Waals surface area (Å²) < 4.78 is 50.0. The molecule has 1 amide bonds. The lowest BCUT2D eigenvalue weighted by atomic mass is 9.79. The number of amides is 1. The molecule has 196 valence electrons. The maximum atomic E-state index is 15.4. The number of halogens is 1. The van der Waals surface area contributed by atoms with Crippen molar-refractivity contribution in [2.24, 2.45) is 11.1 Å². The van der Waals surface area contributed by atoms with Gasteiger partial charge in [-0.3, -0.25) is 4.79 Å². The van der Waals surface area contributed by atoms with E-state index in [1.165, 1.54) is 6.07 Å². The monoisotopic (exact) mass is 519 g/mol. The fourth-order valence-corrected chi connectivity index (χ4v) is 8.74. The van der Waals surface area contributed by atoms with Crippen LogP contribution in [0.2, 0.25) is 0 Å². The van der Waals surface area contributed by atoms with Crippen LogP contribution < -0.4 is 11.1 Å². The Morgan fingerprint density at radius 2 is 1.89 bits per heavy atom. The number of carbonyl (C=O) groups is 1. The van der Waals surface area contributed by atoms with E-state index in [9.17, 15) is 18.3 Å². The number of sulfone groups is 1. The van der Waals surface area contributed by atoms with Crippen molar-refractivity contribution >= 4 is 21.4 Å². The van der Waals surface area contributed by atoms with E-state index >= 15 is 4.39 Å². The van der Waals surface area contributed by atoms with Gasteiger partial charge >= 0.3 is 0 Å². The number of fused-ring (bicyclic) bond motifs is 3. The zero-order valence-electron chi connectivity index (χ0n) is 20.8. The molecule has 2 aliphatic heterocycles. The van der Waals surface area contributed by atoms with Crippen LogP contribution in [0.5, 0.6) is 0 Å². The number of benzene rings is 1. The minimum Gasteiger partial charge on any atom is -0.393 e. The number of aliphatic hydroxyl groups is 1. The number of nitrogens with one attached hydrogen (secondary N) is 1. The molecule has 2 aromatic rings. The van der Waals surface area contributed by atoms with Crippen LogP contribution in [0, 0.1) is 11.2 Å². The van der Waals surface area contributed by atoms with E-state index in [1.54, 1.807) is 6.07 Å². The number of anilines is 1. The number of nitrogens with two attached hydrogens (primary N) is 1. The smallest absolute Gasteiger partial charge is 0.253 e. The van der Waals surface area contributed by atoms with Crippen LogP contribution in [0.3, 0.4) is 0 Å². The van der Waals surface area contributed by atoms with Gasteiger partial charge in [0.15, 0.2) is 9.84 Å². The normalized spacial score (nSPS) is 24.2. The molecule has 1 saturated carbocycles. The Morgan fingerprint density at radius 3 is 2.53 bits per heavy atom. The molecule has 0 unspecified atom stereocenters. The van der Waals surface area contributed by atoms with Gasteiger partial charge < -0.3 is 25.5 Å². The molecule has 1 aromatic carbocycles. The molecule has 8 nitrogen and oxygen atoms in total. The topological polar surface area (TPSA) is 124 Å². The lowest BCUT2D eigenvalue weighted by Gasteiger charge is -2.36. The van der Waals surface area contributed by atoms with Gasteiger partial charge in [0.2, 0.25) is 0 Å². The highest BCUT2D eigenvalue weighted by molar-refractivity contribution is 7.91. The molecule has 10 heteroatoms. The van der Waals surface area contributed by atoms with Gasteiger partial charge in [0.05, 0.1) is 52.6 Å². The van der Waals surface area contributed by atoms with Crippen molar-refractivity contribution in [2.75, 3.05) is 11.1 Å². The van der Waals surface area contributed by atoms with E-state index in [4.69, 9.17) is 10.5 Å². The molecular formula is C26H34FN3O5S. The lowest BCUT2D eigenvalue weighted by molar-refractivity contribution is 0.0996. The summed E-state index contributed by atoms with van der Waals surface area (Å²) in [4.78, 5) is 12.5. The molecule has 3 heterocycles. The summed E-state index contributed by atoms with van der Waals surface area (Å²) in [6, 6.07) is 2.91. The zero-order chi connectivity index (χ0) is 25.8. The van der Waals surface area contributed by atoms with E-state index < -0.39 is 27.0 Å². The Balaban J connectivity index is 1.68. The molecule has 36 heavy (non-hydrogen) atoms. The van der Waals surface area contributed by atoms with Crippen LogP contribution in [-0.2, 0) is 34.2 Å². The number of primary amides is 1. The third-order valence-corrected chi connectivity index (χ3v) is 10.5. The first-order valence-corrected chi connectivity index (χ1v) is 14.4. The largest absolute Gasteiger partial charge is 0.393 e. The van der Waals surface area contributed by atoms with Crippen molar-refractivity contribution in [2.45, 2.75) is 89.0 Å². The van der Waals surface area contributed by atoms with Gasteiger partial charge in [-0.15, -0.1) is 0 Å². The summed E-state index contributed by atoms with van der Waals surface area (Å²) in [5.41, 5.74) is 7.69. The second-order valence-corrected chi connectivity index (χ2v) is 12.5. The van der Waals surface area contributed by atoms with Gasteiger partial charge in [0.1, 0.15) is 5.82 Å².